The minimum Gasteiger partial charge on any atom is -0.465 e. The smallest absolute Gasteiger partial charge is 0.337 e. The zero-order chi connectivity index (χ0) is 15.0. The number of ether oxygens (including phenoxy) is 1. The molecule has 1 unspecified atom stereocenters. The third kappa shape index (κ3) is 1.73. The number of Topliss-reactive ketones (excluding diaryl/α,β-unsaturated/α-hetero) is 1. The first kappa shape index (κ1) is 13.5. The molecule has 0 saturated carbocycles. The van der Waals surface area contributed by atoms with Crippen molar-refractivity contribution in [3.05, 3.63) is 70.8 Å². The standard InChI is InChI=1S/C17H14O4/c1-21-16(20)11-6-8-12(9-7-11)17(10-18)14-5-3-2-4-13(14)15(17)19/h2-9,18H,10H2,1H3. The van der Waals surface area contributed by atoms with Crippen LogP contribution in [-0.2, 0) is 10.2 Å². The summed E-state index contributed by atoms with van der Waals surface area (Å²) in [4.78, 5) is 23.9. The quantitative estimate of drug-likeness (QED) is 0.874. The molecule has 0 aliphatic heterocycles. The number of benzene rings is 2. The van der Waals surface area contributed by atoms with Crippen LogP contribution in [0.4, 0.5) is 0 Å². The van der Waals surface area contributed by atoms with Gasteiger partial charge in [0.05, 0.1) is 19.3 Å². The van der Waals surface area contributed by atoms with E-state index in [2.05, 4.69) is 4.74 Å². The normalized spacial score (nSPS) is 19.6. The van der Waals surface area contributed by atoms with Crippen molar-refractivity contribution in [2.75, 3.05) is 13.7 Å². The minimum absolute atomic E-state index is 0.0913. The zero-order valence-electron chi connectivity index (χ0n) is 11.5. The molecule has 0 saturated heterocycles. The fourth-order valence-corrected chi connectivity index (χ4v) is 2.89. The molecule has 0 radical (unpaired) electrons. The lowest BCUT2D eigenvalue weighted by atomic mass is 9.59. The maximum absolute atomic E-state index is 12.4. The Hall–Kier alpha value is -2.46. The fourth-order valence-electron chi connectivity index (χ4n) is 2.89. The number of esters is 1. The summed E-state index contributed by atoms with van der Waals surface area (Å²) >= 11 is 0. The van der Waals surface area contributed by atoms with Crippen LogP contribution in [0, 0.1) is 0 Å². The van der Waals surface area contributed by atoms with Crippen molar-refractivity contribution in [3.63, 3.8) is 0 Å². The summed E-state index contributed by atoms with van der Waals surface area (Å²) in [6.45, 7) is -0.291. The maximum atomic E-state index is 12.4. The van der Waals surface area contributed by atoms with Crippen molar-refractivity contribution < 1.29 is 19.4 Å². The van der Waals surface area contributed by atoms with Crippen LogP contribution in [0.5, 0.6) is 0 Å². The van der Waals surface area contributed by atoms with Crippen molar-refractivity contribution in [2.45, 2.75) is 5.41 Å². The summed E-state index contributed by atoms with van der Waals surface area (Å²) in [7, 11) is 1.32. The number of rotatable bonds is 3. The molecule has 1 aliphatic carbocycles. The van der Waals surface area contributed by atoms with E-state index in [1.165, 1.54) is 7.11 Å². The second kappa shape index (κ2) is 4.82. The molecule has 21 heavy (non-hydrogen) atoms. The van der Waals surface area contributed by atoms with Gasteiger partial charge in [0.1, 0.15) is 5.41 Å². The van der Waals surface area contributed by atoms with Gasteiger partial charge in [-0.3, -0.25) is 4.79 Å². The zero-order valence-corrected chi connectivity index (χ0v) is 11.5. The summed E-state index contributed by atoms with van der Waals surface area (Å²) < 4.78 is 4.65. The van der Waals surface area contributed by atoms with Gasteiger partial charge in [-0.05, 0) is 23.3 Å². The van der Waals surface area contributed by atoms with Crippen molar-refractivity contribution >= 4 is 11.8 Å². The van der Waals surface area contributed by atoms with Gasteiger partial charge in [0.15, 0.2) is 5.78 Å². The second-order valence-electron chi connectivity index (χ2n) is 5.01. The highest BCUT2D eigenvalue weighted by Crippen LogP contribution is 2.45. The number of hydrogen-bond acceptors (Lipinski definition) is 4. The summed E-state index contributed by atoms with van der Waals surface area (Å²) in [6.07, 6.45) is 0. The highest BCUT2D eigenvalue weighted by Gasteiger charge is 2.52. The first-order valence-electron chi connectivity index (χ1n) is 6.59. The number of aliphatic hydroxyl groups is 1. The van der Waals surface area contributed by atoms with Gasteiger partial charge in [-0.15, -0.1) is 0 Å². The van der Waals surface area contributed by atoms with Gasteiger partial charge < -0.3 is 9.84 Å². The van der Waals surface area contributed by atoms with Gasteiger partial charge >= 0.3 is 5.97 Å². The van der Waals surface area contributed by atoms with Crippen molar-refractivity contribution in [1.29, 1.82) is 0 Å². The van der Waals surface area contributed by atoms with E-state index < -0.39 is 11.4 Å². The van der Waals surface area contributed by atoms with Crippen molar-refractivity contribution in [3.8, 4) is 0 Å². The monoisotopic (exact) mass is 282 g/mol. The molecule has 1 atom stereocenters. The lowest BCUT2D eigenvalue weighted by molar-refractivity contribution is 0.0600. The van der Waals surface area contributed by atoms with Gasteiger partial charge in [-0.25, -0.2) is 4.79 Å². The van der Waals surface area contributed by atoms with Crippen LogP contribution in [-0.4, -0.2) is 30.6 Å². The molecular formula is C17H14O4. The summed E-state index contributed by atoms with van der Waals surface area (Å²) in [6, 6.07) is 13.8. The third-order valence-corrected chi connectivity index (χ3v) is 4.06. The maximum Gasteiger partial charge on any atom is 0.337 e. The number of carbonyl (C=O) groups is 2. The number of aliphatic hydroxyl groups excluding tert-OH is 1. The first-order valence-corrected chi connectivity index (χ1v) is 6.59. The van der Waals surface area contributed by atoms with E-state index in [-0.39, 0.29) is 12.4 Å². The average Bonchev–Trinajstić information content (AvgIpc) is 2.55. The summed E-state index contributed by atoms with van der Waals surface area (Å²) in [5, 5.41) is 9.82. The fraction of sp³-hybridized carbons (Fsp3) is 0.176. The van der Waals surface area contributed by atoms with E-state index in [4.69, 9.17) is 0 Å². The van der Waals surface area contributed by atoms with E-state index in [1.54, 1.807) is 36.4 Å². The van der Waals surface area contributed by atoms with Gasteiger partial charge in [0.2, 0.25) is 0 Å². The Balaban J connectivity index is 2.07. The van der Waals surface area contributed by atoms with Gasteiger partial charge in [0, 0.05) is 5.56 Å². The number of methoxy groups -OCH3 is 1. The SMILES string of the molecule is COC(=O)c1ccc(C2(CO)C(=O)c3ccccc32)cc1. The molecule has 2 aromatic rings. The van der Waals surface area contributed by atoms with E-state index in [0.717, 1.165) is 5.56 Å². The lowest BCUT2D eigenvalue weighted by Crippen LogP contribution is -2.50. The van der Waals surface area contributed by atoms with Gasteiger partial charge in [0.25, 0.3) is 0 Å². The molecule has 0 bridgehead atoms. The molecule has 1 N–H and O–H groups in total. The van der Waals surface area contributed by atoms with Crippen LogP contribution in [0.15, 0.2) is 48.5 Å². The van der Waals surface area contributed by atoms with Crippen LogP contribution in [0.1, 0.15) is 31.8 Å². The molecule has 0 spiro atoms. The molecule has 2 aromatic carbocycles. The first-order chi connectivity index (χ1) is 10.1. The Kier molecular flexibility index (Phi) is 3.11. The number of fused-ring (bicyclic) bond motifs is 1. The predicted octanol–water partition coefficient (Wildman–Crippen LogP) is 1.95. The Labute approximate surface area is 122 Å². The van der Waals surface area contributed by atoms with Crippen LogP contribution in [0.3, 0.4) is 0 Å². The Bertz CT molecular complexity index is 718. The molecule has 0 fully saturated rings. The molecule has 4 heteroatoms. The van der Waals surface area contributed by atoms with Crippen LogP contribution in [0.2, 0.25) is 0 Å². The summed E-state index contributed by atoms with van der Waals surface area (Å²) in [5.74, 6) is -0.522. The molecule has 1 aliphatic rings. The predicted molar refractivity (Wildman–Crippen MR) is 76.4 cm³/mol. The molecular weight excluding hydrogens is 268 g/mol. The number of carbonyl (C=O) groups excluding carboxylic acids is 2. The molecule has 3 rings (SSSR count). The number of hydrogen-bond donors (Lipinski definition) is 1. The van der Waals surface area contributed by atoms with E-state index >= 15 is 0 Å². The van der Waals surface area contributed by atoms with Crippen LogP contribution < -0.4 is 0 Å². The highest BCUT2D eigenvalue weighted by molar-refractivity contribution is 6.16. The average molecular weight is 282 g/mol. The van der Waals surface area contributed by atoms with Crippen LogP contribution in [0.25, 0.3) is 0 Å². The van der Waals surface area contributed by atoms with Crippen molar-refractivity contribution in [2.24, 2.45) is 0 Å². The lowest BCUT2D eigenvalue weighted by Gasteiger charge is -2.41. The van der Waals surface area contributed by atoms with Gasteiger partial charge in [-0.1, -0.05) is 36.4 Å². The van der Waals surface area contributed by atoms with E-state index in [1.807, 2.05) is 12.1 Å². The second-order valence-corrected chi connectivity index (χ2v) is 5.01. The highest BCUT2D eigenvalue weighted by atomic mass is 16.5. The van der Waals surface area contributed by atoms with E-state index in [9.17, 15) is 14.7 Å². The van der Waals surface area contributed by atoms with Crippen LogP contribution >= 0.6 is 0 Å². The Morgan fingerprint density at radius 2 is 1.81 bits per heavy atom. The molecule has 0 amide bonds. The topological polar surface area (TPSA) is 63.6 Å². The molecule has 106 valence electrons. The van der Waals surface area contributed by atoms with Crippen molar-refractivity contribution in [1.82, 2.24) is 0 Å². The summed E-state index contributed by atoms with van der Waals surface area (Å²) in [5.41, 5.74) is 1.55. The Morgan fingerprint density at radius 1 is 1.14 bits per heavy atom. The number of ketones is 1. The largest absolute Gasteiger partial charge is 0.465 e. The molecule has 4 nitrogen and oxygen atoms in total. The van der Waals surface area contributed by atoms with Gasteiger partial charge in [-0.2, -0.15) is 0 Å². The third-order valence-electron chi connectivity index (χ3n) is 4.06. The minimum atomic E-state index is -1.01. The van der Waals surface area contributed by atoms with E-state index in [0.29, 0.717) is 16.7 Å². The Morgan fingerprint density at radius 3 is 2.43 bits per heavy atom. The molecule has 0 aromatic heterocycles. The molecule has 0 heterocycles.